The van der Waals surface area contributed by atoms with Crippen LogP contribution in [0.3, 0.4) is 0 Å². The Labute approximate surface area is 190 Å². The van der Waals surface area contributed by atoms with Gasteiger partial charge in [-0.1, -0.05) is 68.3 Å². The zero-order chi connectivity index (χ0) is 21.8. The van der Waals surface area contributed by atoms with Crippen molar-refractivity contribution in [1.82, 2.24) is 4.90 Å². The van der Waals surface area contributed by atoms with Crippen molar-refractivity contribution in [2.45, 2.75) is 56.7 Å². The van der Waals surface area contributed by atoms with E-state index in [1.807, 2.05) is 36.4 Å². The number of piperidine rings is 1. The van der Waals surface area contributed by atoms with Crippen LogP contribution in [0.1, 0.15) is 44.1 Å². The molecule has 2 saturated heterocycles. The minimum absolute atomic E-state index is 0.0141. The van der Waals surface area contributed by atoms with Gasteiger partial charge in [0.1, 0.15) is 11.9 Å². The van der Waals surface area contributed by atoms with Crippen molar-refractivity contribution in [1.29, 1.82) is 5.26 Å². The smallest absolute Gasteiger partial charge is 0.358 e. The Morgan fingerprint density at radius 2 is 1.81 bits per heavy atom. The highest BCUT2D eigenvalue weighted by atomic mass is 32.1. The summed E-state index contributed by atoms with van der Waals surface area (Å²) >= 11 is 5.53. The highest BCUT2D eigenvalue weighted by molar-refractivity contribution is 7.79. The first-order valence-electron chi connectivity index (χ1n) is 11.2. The molecule has 4 nitrogen and oxygen atoms in total. The predicted octanol–water partition coefficient (Wildman–Crippen LogP) is 5.55. The summed E-state index contributed by atoms with van der Waals surface area (Å²) in [6.07, 6.45) is 4.00. The minimum Gasteiger partial charge on any atom is -0.451 e. The third-order valence-corrected chi connectivity index (χ3v) is 7.13. The summed E-state index contributed by atoms with van der Waals surface area (Å²) in [6.45, 7) is 2.22. The summed E-state index contributed by atoms with van der Waals surface area (Å²) in [5.41, 5.74) is 1.26. The Hall–Kier alpha value is -2.42. The second kappa shape index (κ2) is 9.80. The quantitative estimate of drug-likeness (QED) is 0.558. The molecular formula is C26H30N2O2S. The van der Waals surface area contributed by atoms with Crippen molar-refractivity contribution in [2.75, 3.05) is 7.05 Å². The Kier molecular flexibility index (Phi) is 6.89. The SMILES string of the molecule is CCCCC1C(c2ccccc2)C(OC(=S)Oc2ccccc2)C2CC(C#N)C1N2C. The molecule has 0 N–H and O–H groups in total. The van der Waals surface area contributed by atoms with E-state index in [4.69, 9.17) is 21.7 Å². The standard InChI is InChI=1S/C26H30N2O2S/c1-3-4-15-21-23(18-11-7-5-8-12-18)25(22-16-19(17-27)24(21)28(22)2)30-26(31)29-20-13-9-6-10-14-20/h5-14,19,21-25H,3-4,15-16H2,1-2H3. The van der Waals surface area contributed by atoms with Gasteiger partial charge in [-0.25, -0.2) is 0 Å². The molecule has 6 unspecified atom stereocenters. The van der Waals surface area contributed by atoms with Crippen LogP contribution in [0.15, 0.2) is 60.7 Å². The maximum absolute atomic E-state index is 9.93. The van der Waals surface area contributed by atoms with Crippen LogP contribution in [0.5, 0.6) is 5.75 Å². The van der Waals surface area contributed by atoms with Gasteiger partial charge in [-0.3, -0.25) is 4.90 Å². The summed E-state index contributed by atoms with van der Waals surface area (Å²) in [6, 6.07) is 23.1. The molecule has 0 amide bonds. The van der Waals surface area contributed by atoms with Crippen molar-refractivity contribution in [3.8, 4) is 11.8 Å². The Balaban J connectivity index is 1.67. The summed E-state index contributed by atoms with van der Waals surface area (Å²) in [5, 5.41) is 10.1. The van der Waals surface area contributed by atoms with Gasteiger partial charge in [-0.05, 0) is 43.5 Å². The summed E-state index contributed by atoms with van der Waals surface area (Å²) < 4.78 is 12.3. The van der Waals surface area contributed by atoms with Gasteiger partial charge < -0.3 is 9.47 Å². The maximum Gasteiger partial charge on any atom is 0.358 e. The van der Waals surface area contributed by atoms with Crippen molar-refractivity contribution in [3.63, 3.8) is 0 Å². The number of likely N-dealkylation sites (N-methyl/N-ethyl adjacent to an activating group) is 1. The average Bonchev–Trinajstić information content (AvgIpc) is 3.05. The van der Waals surface area contributed by atoms with E-state index in [-0.39, 0.29) is 35.3 Å². The van der Waals surface area contributed by atoms with Crippen LogP contribution in [-0.4, -0.2) is 35.4 Å². The summed E-state index contributed by atoms with van der Waals surface area (Å²) in [5.74, 6) is 1.20. The molecule has 2 aromatic rings. The number of unbranched alkanes of at least 4 members (excludes halogenated alkanes) is 1. The lowest BCUT2D eigenvalue weighted by Gasteiger charge is -2.48. The van der Waals surface area contributed by atoms with Gasteiger partial charge in [0.2, 0.25) is 0 Å². The predicted molar refractivity (Wildman–Crippen MR) is 126 cm³/mol. The van der Waals surface area contributed by atoms with Gasteiger partial charge in [0.25, 0.3) is 0 Å². The van der Waals surface area contributed by atoms with Crippen LogP contribution in [-0.2, 0) is 4.74 Å². The summed E-state index contributed by atoms with van der Waals surface area (Å²) in [4.78, 5) is 2.38. The Morgan fingerprint density at radius 1 is 1.13 bits per heavy atom. The number of fused-ring (bicyclic) bond motifs is 2. The van der Waals surface area contributed by atoms with E-state index >= 15 is 0 Å². The molecule has 5 heteroatoms. The Morgan fingerprint density at radius 3 is 2.45 bits per heavy atom. The molecule has 0 aromatic heterocycles. The molecule has 6 atom stereocenters. The monoisotopic (exact) mass is 434 g/mol. The van der Waals surface area contributed by atoms with Crippen LogP contribution in [0.4, 0.5) is 0 Å². The van der Waals surface area contributed by atoms with E-state index in [1.165, 1.54) is 5.56 Å². The van der Waals surface area contributed by atoms with Gasteiger partial charge >= 0.3 is 5.24 Å². The van der Waals surface area contributed by atoms with Gasteiger partial charge in [0.05, 0.1) is 12.0 Å². The molecule has 162 valence electrons. The lowest BCUT2D eigenvalue weighted by Crippen LogP contribution is -2.56. The number of nitrogens with zero attached hydrogens (tertiary/aromatic N) is 2. The molecular weight excluding hydrogens is 404 g/mol. The third kappa shape index (κ3) is 4.46. The molecule has 2 aliphatic rings. The number of benzene rings is 2. The van der Waals surface area contributed by atoms with E-state index in [2.05, 4.69) is 49.2 Å². The average molecular weight is 435 g/mol. The van der Waals surface area contributed by atoms with E-state index < -0.39 is 0 Å². The maximum atomic E-state index is 9.93. The van der Waals surface area contributed by atoms with Gasteiger partial charge in [0, 0.05) is 30.2 Å². The van der Waals surface area contributed by atoms with Crippen molar-refractivity contribution in [3.05, 3.63) is 66.2 Å². The highest BCUT2D eigenvalue weighted by Crippen LogP contribution is 2.51. The molecule has 0 radical (unpaired) electrons. The molecule has 0 spiro atoms. The molecule has 0 aliphatic carbocycles. The first-order chi connectivity index (χ1) is 15.1. The van der Waals surface area contributed by atoms with Crippen molar-refractivity contribution in [2.24, 2.45) is 11.8 Å². The van der Waals surface area contributed by atoms with Crippen LogP contribution >= 0.6 is 12.2 Å². The number of hydrogen-bond acceptors (Lipinski definition) is 5. The van der Waals surface area contributed by atoms with E-state index in [9.17, 15) is 5.26 Å². The fourth-order valence-electron chi connectivity index (χ4n) is 5.64. The molecule has 31 heavy (non-hydrogen) atoms. The molecule has 2 aliphatic heterocycles. The lowest BCUT2D eigenvalue weighted by atomic mass is 9.71. The fourth-order valence-corrected chi connectivity index (χ4v) is 5.84. The van der Waals surface area contributed by atoms with Crippen molar-refractivity contribution >= 4 is 17.5 Å². The molecule has 2 aromatic carbocycles. The first-order valence-corrected chi connectivity index (χ1v) is 11.6. The minimum atomic E-state index is -0.153. The first kappa shape index (κ1) is 21.8. The number of rotatable bonds is 6. The van der Waals surface area contributed by atoms with E-state index in [1.54, 1.807) is 0 Å². The van der Waals surface area contributed by atoms with Gasteiger partial charge in [-0.15, -0.1) is 0 Å². The molecule has 4 rings (SSSR count). The lowest BCUT2D eigenvalue weighted by molar-refractivity contribution is -0.0266. The van der Waals surface area contributed by atoms with Crippen molar-refractivity contribution < 1.29 is 9.47 Å². The zero-order valence-electron chi connectivity index (χ0n) is 18.2. The number of thiocarbonyl (C=S) groups is 1. The Bertz CT molecular complexity index is 914. The number of hydrogen-bond donors (Lipinski definition) is 0. The second-order valence-electron chi connectivity index (χ2n) is 8.68. The highest BCUT2D eigenvalue weighted by Gasteiger charge is 2.57. The molecule has 2 heterocycles. The number of nitriles is 1. The largest absolute Gasteiger partial charge is 0.451 e. The van der Waals surface area contributed by atoms with E-state index in [0.29, 0.717) is 11.7 Å². The normalized spacial score (nSPS) is 29.8. The third-order valence-electron chi connectivity index (χ3n) is 6.95. The molecule has 0 saturated carbocycles. The molecule has 2 bridgehead atoms. The van der Waals surface area contributed by atoms with Gasteiger partial charge in [-0.2, -0.15) is 5.26 Å². The number of ether oxygens (including phenoxy) is 2. The van der Waals surface area contributed by atoms with Crippen LogP contribution in [0, 0.1) is 23.2 Å². The molecule has 2 fully saturated rings. The fraction of sp³-hybridized carbons (Fsp3) is 0.462. The van der Waals surface area contributed by atoms with E-state index in [0.717, 1.165) is 25.7 Å². The number of para-hydroxylation sites is 1. The van der Waals surface area contributed by atoms with Crippen LogP contribution in [0.25, 0.3) is 0 Å². The topological polar surface area (TPSA) is 45.5 Å². The summed E-state index contributed by atoms with van der Waals surface area (Å²) in [7, 11) is 2.14. The second-order valence-corrected chi connectivity index (χ2v) is 9.02. The van der Waals surface area contributed by atoms with Crippen LogP contribution in [0.2, 0.25) is 0 Å². The zero-order valence-corrected chi connectivity index (χ0v) is 19.0. The van der Waals surface area contributed by atoms with Crippen LogP contribution < -0.4 is 4.74 Å². The van der Waals surface area contributed by atoms with Gasteiger partial charge in [0.15, 0.2) is 0 Å².